The van der Waals surface area contributed by atoms with Crippen molar-refractivity contribution in [3.05, 3.63) is 12.2 Å². The second-order valence-electron chi connectivity index (χ2n) is 2.40. The summed E-state index contributed by atoms with van der Waals surface area (Å²) < 4.78 is 0. The van der Waals surface area contributed by atoms with E-state index in [1.165, 1.54) is 0 Å². The lowest BCUT2D eigenvalue weighted by Crippen LogP contribution is -2.11. The number of carboxylic acid groups (broad SMARTS) is 1. The second kappa shape index (κ2) is 5.92. The molecule has 0 aromatic rings. The van der Waals surface area contributed by atoms with Gasteiger partial charge in [-0.1, -0.05) is 12.2 Å². The quantitative estimate of drug-likeness (QED) is 0.590. The molecule has 0 heterocycles. The highest BCUT2D eigenvalue weighted by Crippen LogP contribution is 2.01. The Morgan fingerprint density at radius 1 is 1.64 bits per heavy atom. The Kier molecular flexibility index (Phi) is 5.47. The van der Waals surface area contributed by atoms with Crippen LogP contribution in [0.4, 0.5) is 0 Å². The van der Waals surface area contributed by atoms with Crippen molar-refractivity contribution >= 4 is 5.97 Å². The number of rotatable bonds is 5. The largest absolute Gasteiger partial charge is 0.481 e. The van der Waals surface area contributed by atoms with Gasteiger partial charge in [0.05, 0.1) is 12.5 Å². The minimum absolute atomic E-state index is 0.155. The van der Waals surface area contributed by atoms with Crippen LogP contribution in [0.3, 0.4) is 0 Å². The van der Waals surface area contributed by atoms with Crippen LogP contribution in [0.5, 0.6) is 0 Å². The molecule has 11 heavy (non-hydrogen) atoms. The molecule has 0 aromatic heterocycles. The molecule has 0 saturated carbocycles. The van der Waals surface area contributed by atoms with E-state index in [1.54, 1.807) is 0 Å². The fourth-order valence-electron chi connectivity index (χ4n) is 0.759. The monoisotopic (exact) mass is 158 g/mol. The fraction of sp³-hybridized carbons (Fsp3) is 0.625. The summed E-state index contributed by atoms with van der Waals surface area (Å²) in [5.41, 5.74) is 0. The Bertz CT molecular complexity index is 140. The summed E-state index contributed by atoms with van der Waals surface area (Å²) in [6.07, 6.45) is 4.20. The van der Waals surface area contributed by atoms with E-state index in [0.717, 1.165) is 6.42 Å². The number of hydrogen-bond acceptors (Lipinski definition) is 2. The molecule has 0 amide bonds. The van der Waals surface area contributed by atoms with Gasteiger partial charge < -0.3 is 10.2 Å². The third kappa shape index (κ3) is 7.06. The van der Waals surface area contributed by atoms with Crippen LogP contribution in [0.15, 0.2) is 12.2 Å². The van der Waals surface area contributed by atoms with Crippen LogP contribution in [0.2, 0.25) is 0 Å². The molecule has 0 aromatic carbocycles. The van der Waals surface area contributed by atoms with Gasteiger partial charge >= 0.3 is 5.97 Å². The van der Waals surface area contributed by atoms with Crippen molar-refractivity contribution in [2.45, 2.75) is 32.3 Å². The summed E-state index contributed by atoms with van der Waals surface area (Å²) in [5.74, 6) is -0.946. The van der Waals surface area contributed by atoms with Gasteiger partial charge in [-0.25, -0.2) is 0 Å². The normalized spacial score (nSPS) is 13.6. The molecule has 0 rings (SSSR count). The van der Waals surface area contributed by atoms with Crippen LogP contribution in [0.1, 0.15) is 26.2 Å². The van der Waals surface area contributed by atoms with Crippen molar-refractivity contribution in [2.75, 3.05) is 0 Å². The Balaban J connectivity index is 3.36. The highest BCUT2D eigenvalue weighted by molar-refractivity contribution is 5.67. The molecule has 0 radical (unpaired) electrons. The predicted molar refractivity (Wildman–Crippen MR) is 42.3 cm³/mol. The molecule has 1 atom stereocenters. The summed E-state index contributed by atoms with van der Waals surface area (Å²) in [7, 11) is 0. The van der Waals surface area contributed by atoms with Gasteiger partial charge in [-0.05, 0) is 19.8 Å². The van der Waals surface area contributed by atoms with Crippen LogP contribution in [0.25, 0.3) is 0 Å². The van der Waals surface area contributed by atoms with E-state index in [-0.39, 0.29) is 6.42 Å². The smallest absolute Gasteiger partial charge is 0.305 e. The van der Waals surface area contributed by atoms with E-state index >= 15 is 0 Å². The second-order valence-corrected chi connectivity index (χ2v) is 2.40. The Morgan fingerprint density at radius 3 is 2.73 bits per heavy atom. The van der Waals surface area contributed by atoms with Crippen molar-refractivity contribution in [1.29, 1.82) is 0 Å². The first-order chi connectivity index (χ1) is 5.16. The lowest BCUT2D eigenvalue weighted by Gasteiger charge is -2.03. The number of aliphatic carboxylic acids is 1. The van der Waals surface area contributed by atoms with Crippen molar-refractivity contribution in [3.63, 3.8) is 0 Å². The number of carboxylic acids is 1. The van der Waals surface area contributed by atoms with Gasteiger partial charge in [0, 0.05) is 0 Å². The molecule has 0 fully saturated rings. The SMILES string of the molecule is C/C=C/CC[C@@H](O)CC(=O)O. The van der Waals surface area contributed by atoms with Crippen LogP contribution >= 0.6 is 0 Å². The van der Waals surface area contributed by atoms with E-state index in [0.29, 0.717) is 6.42 Å². The molecule has 0 unspecified atom stereocenters. The summed E-state index contributed by atoms with van der Waals surface area (Å²) in [6, 6.07) is 0. The molecule has 0 spiro atoms. The molecule has 0 saturated heterocycles. The summed E-state index contributed by atoms with van der Waals surface area (Å²) in [5, 5.41) is 17.3. The minimum atomic E-state index is -0.946. The number of allylic oxidation sites excluding steroid dienone is 2. The van der Waals surface area contributed by atoms with E-state index in [2.05, 4.69) is 0 Å². The molecule has 0 aliphatic heterocycles. The molecule has 3 nitrogen and oxygen atoms in total. The molecular formula is C8H14O3. The molecule has 64 valence electrons. The molecule has 0 aliphatic rings. The van der Waals surface area contributed by atoms with Crippen LogP contribution in [-0.4, -0.2) is 22.3 Å². The lowest BCUT2D eigenvalue weighted by atomic mass is 10.1. The fourth-order valence-corrected chi connectivity index (χ4v) is 0.759. The molecule has 0 aliphatic carbocycles. The Hall–Kier alpha value is -0.830. The molecular weight excluding hydrogens is 144 g/mol. The Labute approximate surface area is 66.4 Å². The first kappa shape index (κ1) is 10.2. The average molecular weight is 158 g/mol. The number of hydrogen-bond donors (Lipinski definition) is 2. The maximum absolute atomic E-state index is 10.1. The van der Waals surface area contributed by atoms with Crippen molar-refractivity contribution in [1.82, 2.24) is 0 Å². The lowest BCUT2D eigenvalue weighted by molar-refractivity contribution is -0.139. The van der Waals surface area contributed by atoms with Gasteiger partial charge in [0.25, 0.3) is 0 Å². The number of aliphatic hydroxyl groups excluding tert-OH is 1. The molecule has 3 heteroatoms. The van der Waals surface area contributed by atoms with Gasteiger partial charge in [-0.3, -0.25) is 4.79 Å². The number of carbonyl (C=O) groups is 1. The van der Waals surface area contributed by atoms with E-state index in [9.17, 15) is 4.79 Å². The van der Waals surface area contributed by atoms with Gasteiger partial charge in [0.15, 0.2) is 0 Å². The van der Waals surface area contributed by atoms with Crippen LogP contribution in [-0.2, 0) is 4.79 Å². The van der Waals surface area contributed by atoms with Crippen LogP contribution < -0.4 is 0 Å². The third-order valence-corrected chi connectivity index (χ3v) is 1.31. The first-order valence-corrected chi connectivity index (χ1v) is 3.67. The van der Waals surface area contributed by atoms with Gasteiger partial charge in [0.2, 0.25) is 0 Å². The minimum Gasteiger partial charge on any atom is -0.481 e. The van der Waals surface area contributed by atoms with Gasteiger partial charge in [0.1, 0.15) is 0 Å². The van der Waals surface area contributed by atoms with Crippen molar-refractivity contribution < 1.29 is 15.0 Å². The van der Waals surface area contributed by atoms with Gasteiger partial charge in [-0.2, -0.15) is 0 Å². The summed E-state index contributed by atoms with van der Waals surface area (Å²) in [4.78, 5) is 10.1. The van der Waals surface area contributed by atoms with E-state index in [1.807, 2.05) is 19.1 Å². The van der Waals surface area contributed by atoms with Gasteiger partial charge in [-0.15, -0.1) is 0 Å². The third-order valence-electron chi connectivity index (χ3n) is 1.31. The highest BCUT2D eigenvalue weighted by atomic mass is 16.4. The zero-order valence-electron chi connectivity index (χ0n) is 6.66. The predicted octanol–water partition coefficient (Wildman–Crippen LogP) is 1.18. The topological polar surface area (TPSA) is 57.5 Å². The molecule has 2 N–H and O–H groups in total. The number of aliphatic hydroxyl groups is 1. The van der Waals surface area contributed by atoms with Crippen molar-refractivity contribution in [3.8, 4) is 0 Å². The summed E-state index contributed by atoms with van der Waals surface area (Å²) >= 11 is 0. The first-order valence-electron chi connectivity index (χ1n) is 3.67. The average Bonchev–Trinajstić information content (AvgIpc) is 1.86. The maximum atomic E-state index is 10.1. The maximum Gasteiger partial charge on any atom is 0.305 e. The summed E-state index contributed by atoms with van der Waals surface area (Å²) in [6.45, 7) is 1.89. The Morgan fingerprint density at radius 2 is 2.27 bits per heavy atom. The van der Waals surface area contributed by atoms with E-state index < -0.39 is 12.1 Å². The standard InChI is InChI=1S/C8H14O3/c1-2-3-4-5-7(9)6-8(10)11/h2-3,7,9H,4-6H2,1H3,(H,10,11)/b3-2+/t7-/m1/s1. The molecule has 0 bridgehead atoms. The van der Waals surface area contributed by atoms with Crippen molar-refractivity contribution in [2.24, 2.45) is 0 Å². The van der Waals surface area contributed by atoms with E-state index in [4.69, 9.17) is 10.2 Å². The zero-order chi connectivity index (χ0) is 8.69. The zero-order valence-corrected chi connectivity index (χ0v) is 6.66. The highest BCUT2D eigenvalue weighted by Gasteiger charge is 2.07. The van der Waals surface area contributed by atoms with Crippen LogP contribution in [0, 0.1) is 0 Å².